The Morgan fingerprint density at radius 1 is 0.852 bits per heavy atom. The lowest BCUT2D eigenvalue weighted by molar-refractivity contribution is 0.353. The van der Waals surface area contributed by atoms with Crippen molar-refractivity contribution >= 4 is 19.9 Å². The first-order valence-electron chi connectivity index (χ1n) is 8.02. The summed E-state index contributed by atoms with van der Waals surface area (Å²) in [5.74, 6) is 0.751. The van der Waals surface area contributed by atoms with Crippen molar-refractivity contribution in [1.82, 2.24) is 4.31 Å². The molecule has 0 spiro atoms. The van der Waals surface area contributed by atoms with Gasteiger partial charge >= 0.3 is 0 Å². The van der Waals surface area contributed by atoms with Gasteiger partial charge < -0.3 is 9.47 Å². The lowest BCUT2D eigenvalue weighted by atomic mass is 10.1. The average Bonchev–Trinajstić information content (AvgIpc) is 2.65. The first kappa shape index (κ1) is 21.2. The van der Waals surface area contributed by atoms with E-state index in [4.69, 9.17) is 9.47 Å². The maximum Gasteiger partial charge on any atom is 0.243 e. The number of hydrogen-bond acceptors (Lipinski definition) is 6. The molecule has 0 aromatic heterocycles. The largest absolute Gasteiger partial charge is 0.493 e. The number of sulfonamides is 1. The van der Waals surface area contributed by atoms with E-state index in [9.17, 15) is 16.8 Å². The molecule has 0 aliphatic carbocycles. The molecule has 0 heterocycles. The molecule has 0 aliphatic rings. The topological polar surface area (TPSA) is 90.0 Å². The third kappa shape index (κ3) is 4.42. The molecule has 2 rings (SSSR count). The molecule has 27 heavy (non-hydrogen) atoms. The fraction of sp³-hybridized carbons (Fsp3) is 0.333. The molecule has 0 saturated carbocycles. The van der Waals surface area contributed by atoms with Crippen molar-refractivity contribution in [3.63, 3.8) is 0 Å². The number of rotatable bonds is 7. The van der Waals surface area contributed by atoms with Crippen LogP contribution in [0.15, 0.2) is 52.3 Å². The molecule has 0 amide bonds. The quantitative estimate of drug-likeness (QED) is 0.693. The Kier molecular flexibility index (Phi) is 6.18. The van der Waals surface area contributed by atoms with Crippen LogP contribution < -0.4 is 9.47 Å². The summed E-state index contributed by atoms with van der Waals surface area (Å²) in [4.78, 5) is 0.256. The SMILES string of the molecule is COc1ccc(S(=O)(=O)N(C)[C@H](C)c2ccc(S(C)(=O)=O)cc2)cc1OC. The Morgan fingerprint density at radius 3 is 1.85 bits per heavy atom. The molecule has 1 atom stereocenters. The molecule has 7 nitrogen and oxygen atoms in total. The number of benzene rings is 2. The number of methoxy groups -OCH3 is 2. The minimum atomic E-state index is -3.80. The molecule has 0 N–H and O–H groups in total. The van der Waals surface area contributed by atoms with Crippen molar-refractivity contribution in [2.24, 2.45) is 0 Å². The van der Waals surface area contributed by atoms with E-state index in [1.54, 1.807) is 19.1 Å². The van der Waals surface area contributed by atoms with Gasteiger partial charge in [0.15, 0.2) is 21.3 Å². The van der Waals surface area contributed by atoms with Crippen LogP contribution in [0, 0.1) is 0 Å². The summed E-state index contributed by atoms with van der Waals surface area (Å²) < 4.78 is 60.6. The Morgan fingerprint density at radius 2 is 1.37 bits per heavy atom. The van der Waals surface area contributed by atoms with E-state index in [-0.39, 0.29) is 9.79 Å². The highest BCUT2D eigenvalue weighted by molar-refractivity contribution is 7.90. The second-order valence-electron chi connectivity index (χ2n) is 6.06. The fourth-order valence-corrected chi connectivity index (χ4v) is 4.55. The van der Waals surface area contributed by atoms with Crippen LogP contribution in [-0.4, -0.2) is 48.7 Å². The summed E-state index contributed by atoms with van der Waals surface area (Å²) in [7, 11) is -2.73. The van der Waals surface area contributed by atoms with Gasteiger partial charge in [0.2, 0.25) is 10.0 Å². The van der Waals surface area contributed by atoms with Crippen molar-refractivity contribution < 1.29 is 26.3 Å². The van der Waals surface area contributed by atoms with Gasteiger partial charge in [0, 0.05) is 25.4 Å². The van der Waals surface area contributed by atoms with Gasteiger partial charge in [0.25, 0.3) is 0 Å². The zero-order chi connectivity index (χ0) is 20.4. The zero-order valence-electron chi connectivity index (χ0n) is 15.8. The van der Waals surface area contributed by atoms with Crippen molar-refractivity contribution in [2.75, 3.05) is 27.5 Å². The summed E-state index contributed by atoms with van der Waals surface area (Å²) >= 11 is 0. The summed E-state index contributed by atoms with van der Waals surface area (Å²) in [6, 6.07) is 10.1. The number of sulfone groups is 1. The minimum absolute atomic E-state index is 0.0715. The maximum atomic E-state index is 13.0. The fourth-order valence-electron chi connectivity index (χ4n) is 2.55. The van der Waals surface area contributed by atoms with Crippen molar-refractivity contribution in [3.05, 3.63) is 48.0 Å². The minimum Gasteiger partial charge on any atom is -0.493 e. The maximum absolute atomic E-state index is 13.0. The van der Waals surface area contributed by atoms with Crippen molar-refractivity contribution in [1.29, 1.82) is 0 Å². The predicted octanol–water partition coefficient (Wildman–Crippen LogP) is 2.49. The molecule has 0 fully saturated rings. The molecular formula is C18H23NO6S2. The number of nitrogens with zero attached hydrogens (tertiary/aromatic N) is 1. The van der Waals surface area contributed by atoms with Gasteiger partial charge in [-0.3, -0.25) is 0 Å². The van der Waals surface area contributed by atoms with Gasteiger partial charge in [0.1, 0.15) is 0 Å². The Labute approximate surface area is 160 Å². The molecule has 2 aromatic rings. The van der Waals surface area contributed by atoms with E-state index in [1.165, 1.54) is 55.9 Å². The normalized spacial score (nSPS) is 13.4. The Hall–Kier alpha value is -2.10. The summed E-state index contributed by atoms with van der Waals surface area (Å²) in [5, 5.41) is 0. The highest BCUT2D eigenvalue weighted by Gasteiger charge is 2.27. The first-order chi connectivity index (χ1) is 12.5. The molecule has 0 unspecified atom stereocenters. The van der Waals surface area contributed by atoms with E-state index < -0.39 is 25.9 Å². The predicted molar refractivity (Wildman–Crippen MR) is 102 cm³/mol. The van der Waals surface area contributed by atoms with Crippen LogP contribution in [0.4, 0.5) is 0 Å². The van der Waals surface area contributed by atoms with E-state index >= 15 is 0 Å². The molecule has 0 saturated heterocycles. The van der Waals surface area contributed by atoms with Crippen molar-refractivity contribution in [3.8, 4) is 11.5 Å². The van der Waals surface area contributed by atoms with E-state index in [0.717, 1.165) is 6.26 Å². The van der Waals surface area contributed by atoms with E-state index in [2.05, 4.69) is 0 Å². The lowest BCUT2D eigenvalue weighted by Crippen LogP contribution is -2.29. The second kappa shape index (κ2) is 7.87. The van der Waals surface area contributed by atoms with E-state index in [0.29, 0.717) is 17.1 Å². The third-order valence-electron chi connectivity index (χ3n) is 4.37. The second-order valence-corrected chi connectivity index (χ2v) is 10.1. The smallest absolute Gasteiger partial charge is 0.243 e. The van der Waals surface area contributed by atoms with Crippen LogP contribution >= 0.6 is 0 Å². The summed E-state index contributed by atoms with van der Waals surface area (Å²) in [6.07, 6.45) is 1.12. The highest BCUT2D eigenvalue weighted by Crippen LogP contribution is 2.32. The van der Waals surface area contributed by atoms with Gasteiger partial charge in [-0.1, -0.05) is 12.1 Å². The van der Waals surface area contributed by atoms with Crippen LogP contribution in [0.2, 0.25) is 0 Å². The van der Waals surface area contributed by atoms with Crippen LogP contribution in [0.1, 0.15) is 18.5 Å². The number of ether oxygens (including phenoxy) is 2. The van der Waals surface area contributed by atoms with Gasteiger partial charge in [-0.2, -0.15) is 4.31 Å². The van der Waals surface area contributed by atoms with Gasteiger partial charge in [0.05, 0.1) is 24.0 Å². The molecule has 148 valence electrons. The van der Waals surface area contributed by atoms with E-state index in [1.807, 2.05) is 0 Å². The summed E-state index contributed by atoms with van der Waals surface area (Å²) in [5.41, 5.74) is 0.675. The van der Waals surface area contributed by atoms with Crippen molar-refractivity contribution in [2.45, 2.75) is 22.8 Å². The molecule has 2 aromatic carbocycles. The Balaban J connectivity index is 2.36. The van der Waals surface area contributed by atoms with Crippen LogP contribution in [0.25, 0.3) is 0 Å². The molecular weight excluding hydrogens is 390 g/mol. The average molecular weight is 414 g/mol. The molecule has 0 bridgehead atoms. The van der Waals surface area contributed by atoms with Crippen LogP contribution in [0.3, 0.4) is 0 Å². The Bertz CT molecular complexity index is 1010. The van der Waals surface area contributed by atoms with Crippen LogP contribution in [-0.2, 0) is 19.9 Å². The monoisotopic (exact) mass is 413 g/mol. The number of hydrogen-bond donors (Lipinski definition) is 0. The van der Waals surface area contributed by atoms with Gasteiger partial charge in [-0.25, -0.2) is 16.8 Å². The first-order valence-corrected chi connectivity index (χ1v) is 11.4. The summed E-state index contributed by atoms with van der Waals surface area (Å²) in [6.45, 7) is 1.73. The molecule has 9 heteroatoms. The molecule has 0 radical (unpaired) electrons. The third-order valence-corrected chi connectivity index (χ3v) is 7.42. The zero-order valence-corrected chi connectivity index (χ0v) is 17.5. The van der Waals surface area contributed by atoms with Gasteiger partial charge in [-0.15, -0.1) is 0 Å². The standard InChI is InChI=1S/C18H23NO6S2/c1-13(14-6-8-15(9-7-14)26(5,20)21)19(2)27(22,23)16-10-11-17(24-3)18(12-16)25-4/h6-13H,1-5H3/t13-/m1/s1. The lowest BCUT2D eigenvalue weighted by Gasteiger charge is -2.25. The van der Waals surface area contributed by atoms with Crippen LogP contribution in [0.5, 0.6) is 11.5 Å². The highest BCUT2D eigenvalue weighted by atomic mass is 32.2. The van der Waals surface area contributed by atoms with Gasteiger partial charge in [-0.05, 0) is 36.8 Å². The molecule has 0 aliphatic heterocycles.